The summed E-state index contributed by atoms with van der Waals surface area (Å²) in [5, 5.41) is 14.4. The number of Topliss-reactive ketones (excluding diaryl/α,β-unsaturated/α-hetero) is 1. The number of carbonyl (C=O) groups excluding carboxylic acids is 2. The normalized spacial score (nSPS) is 25.3. The van der Waals surface area contributed by atoms with Crippen molar-refractivity contribution in [2.75, 3.05) is 26.2 Å². The van der Waals surface area contributed by atoms with E-state index < -0.39 is 21.8 Å². The quantitative estimate of drug-likeness (QED) is 0.470. The van der Waals surface area contributed by atoms with Gasteiger partial charge >= 0.3 is 6.03 Å². The number of alkyl halides is 2. The lowest BCUT2D eigenvalue weighted by Gasteiger charge is -2.39. The summed E-state index contributed by atoms with van der Waals surface area (Å²) >= 11 is 13.1. The Kier molecular flexibility index (Phi) is 9.17. The Morgan fingerprint density at radius 2 is 1.86 bits per heavy atom. The third-order valence-corrected chi connectivity index (χ3v) is 5.78. The second-order valence-corrected chi connectivity index (χ2v) is 9.20. The zero-order valence-corrected chi connectivity index (χ0v) is 19.5. The van der Waals surface area contributed by atoms with Gasteiger partial charge in [0.15, 0.2) is 15.7 Å². The molecule has 0 radical (unpaired) electrons. The van der Waals surface area contributed by atoms with Gasteiger partial charge in [-0.15, -0.1) is 11.6 Å². The first-order valence-corrected chi connectivity index (χ1v) is 10.5. The molecule has 0 spiro atoms. The van der Waals surface area contributed by atoms with Crippen LogP contribution in [0.5, 0.6) is 0 Å². The van der Waals surface area contributed by atoms with Crippen molar-refractivity contribution in [1.82, 2.24) is 15.5 Å². The second kappa shape index (κ2) is 10.3. The molecule has 3 atom stereocenters. The molecule has 7 nitrogen and oxygen atoms in total. The van der Waals surface area contributed by atoms with Gasteiger partial charge in [0, 0.05) is 30.9 Å². The van der Waals surface area contributed by atoms with Crippen LogP contribution >= 0.6 is 23.2 Å². The summed E-state index contributed by atoms with van der Waals surface area (Å²) in [6, 6.07) is -0.305. The van der Waals surface area contributed by atoms with E-state index in [4.69, 9.17) is 27.9 Å². The van der Waals surface area contributed by atoms with Gasteiger partial charge in [0.05, 0.1) is 12.7 Å². The van der Waals surface area contributed by atoms with Gasteiger partial charge in [-0.3, -0.25) is 4.79 Å². The van der Waals surface area contributed by atoms with Crippen LogP contribution in [0.1, 0.15) is 41.5 Å². The lowest BCUT2D eigenvalue weighted by molar-refractivity contribution is -0.123. The summed E-state index contributed by atoms with van der Waals surface area (Å²) in [6.07, 6.45) is 3.49. The molecule has 166 valence electrons. The maximum Gasteiger partial charge on any atom is 0.321 e. The Hall–Kier alpha value is -1.12. The number of carbonyl (C=O) groups is 2. The van der Waals surface area contributed by atoms with E-state index in [-0.39, 0.29) is 24.7 Å². The Labute approximate surface area is 183 Å². The maximum absolute atomic E-state index is 12.3. The minimum atomic E-state index is -1.74. The number of β-amino-alcohol motifs (C(OH)–C–C–N with tert-alkyl or cyclic N) is 1. The van der Waals surface area contributed by atoms with Crippen LogP contribution in [0.4, 0.5) is 4.79 Å². The number of hydrogen-bond acceptors (Lipinski definition) is 5. The van der Waals surface area contributed by atoms with Gasteiger partial charge in [-0.1, -0.05) is 11.6 Å². The zero-order chi connectivity index (χ0) is 22.5. The molecule has 0 aromatic heterocycles. The maximum atomic E-state index is 12.3. The molecule has 9 heteroatoms. The fraction of sp³-hybridized carbons (Fsp3) is 0.700. The number of hydrogen-bond donors (Lipinski definition) is 3. The van der Waals surface area contributed by atoms with Crippen LogP contribution in [0.15, 0.2) is 23.9 Å². The van der Waals surface area contributed by atoms with Gasteiger partial charge in [0.2, 0.25) is 0 Å². The van der Waals surface area contributed by atoms with Gasteiger partial charge in [-0.25, -0.2) is 4.79 Å². The number of aliphatic hydroxyl groups excluding tert-OH is 1. The molecule has 0 heterocycles. The van der Waals surface area contributed by atoms with Gasteiger partial charge in [0.25, 0.3) is 0 Å². The fourth-order valence-corrected chi connectivity index (χ4v) is 3.21. The van der Waals surface area contributed by atoms with Crippen LogP contribution in [0.2, 0.25) is 0 Å². The zero-order valence-electron chi connectivity index (χ0n) is 18.0. The number of aliphatic hydroxyl groups is 1. The highest BCUT2D eigenvalue weighted by Crippen LogP contribution is 2.43. The van der Waals surface area contributed by atoms with E-state index in [2.05, 4.69) is 10.6 Å². The minimum absolute atomic E-state index is 0.131. The number of urea groups is 1. The molecule has 0 bridgehead atoms. The molecule has 29 heavy (non-hydrogen) atoms. The van der Waals surface area contributed by atoms with Crippen molar-refractivity contribution < 1.29 is 19.4 Å². The monoisotopic (exact) mass is 449 g/mol. The molecule has 0 aliphatic heterocycles. The highest BCUT2D eigenvalue weighted by molar-refractivity contribution is 6.44. The number of ketones is 1. The van der Waals surface area contributed by atoms with Crippen molar-refractivity contribution in [3.8, 4) is 0 Å². The molecule has 0 fully saturated rings. The number of halogens is 2. The third-order valence-electron chi connectivity index (χ3n) is 4.50. The van der Waals surface area contributed by atoms with Crippen LogP contribution in [0.3, 0.4) is 0 Å². The number of nitrogens with zero attached hydrogens (tertiary/aromatic N) is 1. The molecule has 0 aromatic rings. The van der Waals surface area contributed by atoms with Crippen molar-refractivity contribution in [3.63, 3.8) is 0 Å². The minimum Gasteiger partial charge on any atom is -0.389 e. The molecular formula is C20H33Cl2N3O4. The van der Waals surface area contributed by atoms with E-state index in [9.17, 15) is 14.7 Å². The average molecular weight is 450 g/mol. The Bertz CT molecular complexity index is 659. The van der Waals surface area contributed by atoms with Crippen LogP contribution < -0.4 is 10.6 Å². The molecular weight excluding hydrogens is 417 g/mol. The van der Waals surface area contributed by atoms with Crippen LogP contribution in [-0.2, 0) is 9.53 Å². The van der Waals surface area contributed by atoms with Crippen LogP contribution in [0.25, 0.3) is 0 Å². The topological polar surface area (TPSA) is 90.9 Å². The first-order chi connectivity index (χ1) is 13.3. The first kappa shape index (κ1) is 25.9. The molecule has 0 saturated heterocycles. The number of amides is 2. The molecule has 1 aliphatic carbocycles. The largest absolute Gasteiger partial charge is 0.389 e. The van der Waals surface area contributed by atoms with Crippen molar-refractivity contribution in [1.29, 1.82) is 0 Å². The first-order valence-electron chi connectivity index (χ1n) is 9.72. The molecule has 2 amide bonds. The van der Waals surface area contributed by atoms with E-state index >= 15 is 0 Å². The highest BCUT2D eigenvalue weighted by Gasteiger charge is 2.53. The lowest BCUT2D eigenvalue weighted by atomic mass is 9.90. The highest BCUT2D eigenvalue weighted by atomic mass is 35.5. The van der Waals surface area contributed by atoms with Crippen LogP contribution in [-0.4, -0.2) is 69.6 Å². The van der Waals surface area contributed by atoms with Crippen molar-refractivity contribution in [2.24, 2.45) is 0 Å². The molecule has 0 saturated carbocycles. The number of ether oxygens (including phenoxy) is 1. The lowest BCUT2D eigenvalue weighted by Crippen LogP contribution is -2.54. The number of rotatable bonds is 9. The van der Waals surface area contributed by atoms with Crippen molar-refractivity contribution >= 4 is 35.0 Å². The van der Waals surface area contributed by atoms with Gasteiger partial charge < -0.3 is 25.4 Å². The number of nitrogens with one attached hydrogen (secondary N) is 2. The molecule has 3 N–H and O–H groups in total. The van der Waals surface area contributed by atoms with E-state index in [0.29, 0.717) is 18.8 Å². The Balaban J connectivity index is 2.92. The van der Waals surface area contributed by atoms with E-state index in [1.54, 1.807) is 4.90 Å². The Morgan fingerprint density at radius 1 is 1.28 bits per heavy atom. The summed E-state index contributed by atoms with van der Waals surface area (Å²) in [6.45, 7) is 12.2. The standard InChI is InChI=1S/C20H33Cl2N3O4/c1-7-25(8-2)17(28)24-15-9-10-20(22,19(21,11-15)14(3)26)29-13-16(27)12-23-18(4,5)6/h9-11,16,23,27H,7-8,12-13H2,1-6H3,(H,24,28). The summed E-state index contributed by atoms with van der Waals surface area (Å²) in [5.74, 6) is -0.449. The predicted octanol–water partition coefficient (Wildman–Crippen LogP) is 2.76. The smallest absolute Gasteiger partial charge is 0.321 e. The van der Waals surface area contributed by atoms with Crippen LogP contribution in [0, 0.1) is 0 Å². The van der Waals surface area contributed by atoms with Gasteiger partial charge in [-0.05, 0) is 59.8 Å². The van der Waals surface area contributed by atoms with Gasteiger partial charge in [-0.2, -0.15) is 0 Å². The molecule has 0 aromatic carbocycles. The van der Waals surface area contributed by atoms with Crippen molar-refractivity contribution in [2.45, 2.75) is 63.1 Å². The summed E-state index contributed by atoms with van der Waals surface area (Å²) in [7, 11) is 0. The average Bonchev–Trinajstić information content (AvgIpc) is 2.62. The fourth-order valence-electron chi connectivity index (χ4n) is 2.67. The Morgan fingerprint density at radius 3 is 2.34 bits per heavy atom. The summed E-state index contributed by atoms with van der Waals surface area (Å²) in [4.78, 5) is 24.5. The summed E-state index contributed by atoms with van der Waals surface area (Å²) in [5.41, 5.74) is 0.183. The second-order valence-electron chi connectivity index (χ2n) is 8.04. The molecule has 1 rings (SSSR count). The predicted molar refractivity (Wildman–Crippen MR) is 116 cm³/mol. The van der Waals surface area contributed by atoms with E-state index in [1.807, 2.05) is 34.6 Å². The van der Waals surface area contributed by atoms with E-state index in [0.717, 1.165) is 0 Å². The third kappa shape index (κ3) is 6.96. The molecule has 3 unspecified atom stereocenters. The summed E-state index contributed by atoms with van der Waals surface area (Å²) < 4.78 is 5.69. The molecule has 1 aliphatic rings. The van der Waals surface area contributed by atoms with Crippen molar-refractivity contribution in [3.05, 3.63) is 23.9 Å². The number of allylic oxidation sites excluding steroid dienone is 1. The van der Waals surface area contributed by atoms with Gasteiger partial charge in [0.1, 0.15) is 0 Å². The van der Waals surface area contributed by atoms with E-state index in [1.165, 1.54) is 25.2 Å². The SMILES string of the molecule is CCN(CC)C(=O)NC1=CC(Cl)(C(C)=O)C(Cl)(OCC(O)CNC(C)(C)C)C=C1.